The fraction of sp³-hybridized carbons (Fsp3) is 0.364. The van der Waals surface area contributed by atoms with Crippen LogP contribution >= 0.6 is 0 Å². The SMILES string of the molecule is [B]C1Oc2ccc(C(=O)[C@H](C)NC)cc2O1. The second-order valence-electron chi connectivity index (χ2n) is 3.64. The number of ether oxygens (including phenoxy) is 2. The average Bonchev–Trinajstić information content (AvgIpc) is 2.65. The molecule has 0 spiro atoms. The van der Waals surface area contributed by atoms with Gasteiger partial charge >= 0.3 is 0 Å². The van der Waals surface area contributed by atoms with Crippen LogP contribution in [0, 0.1) is 0 Å². The third-order valence-corrected chi connectivity index (χ3v) is 2.54. The highest BCUT2D eigenvalue weighted by Gasteiger charge is 2.22. The van der Waals surface area contributed by atoms with Crippen molar-refractivity contribution in [2.75, 3.05) is 7.05 Å². The molecule has 0 fully saturated rings. The van der Waals surface area contributed by atoms with Crippen LogP contribution in [0.15, 0.2) is 18.2 Å². The first-order valence-electron chi connectivity index (χ1n) is 5.06. The molecule has 1 aliphatic rings. The summed E-state index contributed by atoms with van der Waals surface area (Å²) in [5.74, 6) is 1.09. The van der Waals surface area contributed by atoms with Gasteiger partial charge in [-0.05, 0) is 32.2 Å². The van der Waals surface area contributed by atoms with E-state index in [0.29, 0.717) is 17.1 Å². The minimum absolute atomic E-state index is 0.00868. The van der Waals surface area contributed by atoms with Crippen LogP contribution in [-0.4, -0.2) is 32.9 Å². The minimum atomic E-state index is -0.776. The van der Waals surface area contributed by atoms with Crippen LogP contribution in [0.2, 0.25) is 0 Å². The maximum Gasteiger partial charge on any atom is 0.189 e. The summed E-state index contributed by atoms with van der Waals surface area (Å²) in [6, 6.07) is 4.82. The van der Waals surface area contributed by atoms with E-state index in [2.05, 4.69) is 5.32 Å². The van der Waals surface area contributed by atoms with Crippen LogP contribution in [0.3, 0.4) is 0 Å². The smallest absolute Gasteiger partial charge is 0.189 e. The lowest BCUT2D eigenvalue weighted by molar-refractivity contribution is 0.0954. The highest BCUT2D eigenvalue weighted by molar-refractivity contribution is 6.10. The Hall–Kier alpha value is -1.49. The molecule has 2 rings (SSSR count). The van der Waals surface area contributed by atoms with Gasteiger partial charge < -0.3 is 14.8 Å². The molecule has 5 heteroatoms. The van der Waals surface area contributed by atoms with Gasteiger partial charge in [0.1, 0.15) is 0 Å². The van der Waals surface area contributed by atoms with Gasteiger partial charge in [-0.3, -0.25) is 4.79 Å². The fourth-order valence-corrected chi connectivity index (χ4v) is 1.51. The minimum Gasteiger partial charge on any atom is -0.461 e. The van der Waals surface area contributed by atoms with Crippen LogP contribution in [0.5, 0.6) is 11.5 Å². The molecule has 1 aromatic carbocycles. The van der Waals surface area contributed by atoms with Gasteiger partial charge in [0.05, 0.1) is 6.04 Å². The Morgan fingerprint density at radius 3 is 2.81 bits per heavy atom. The summed E-state index contributed by atoms with van der Waals surface area (Å²) in [7, 11) is 7.20. The Morgan fingerprint density at radius 2 is 2.12 bits per heavy atom. The lowest BCUT2D eigenvalue weighted by Gasteiger charge is -2.09. The van der Waals surface area contributed by atoms with Crippen molar-refractivity contribution < 1.29 is 14.3 Å². The number of likely N-dealkylation sites (N-methyl/N-ethyl adjacent to an activating group) is 1. The Labute approximate surface area is 95.3 Å². The van der Waals surface area contributed by atoms with Gasteiger partial charge in [-0.25, -0.2) is 0 Å². The highest BCUT2D eigenvalue weighted by atomic mass is 16.7. The zero-order chi connectivity index (χ0) is 11.7. The van der Waals surface area contributed by atoms with Gasteiger partial charge in [-0.1, -0.05) is 0 Å². The lowest BCUT2D eigenvalue weighted by Crippen LogP contribution is -2.30. The van der Waals surface area contributed by atoms with E-state index in [9.17, 15) is 4.79 Å². The number of carbonyl (C=O) groups is 1. The van der Waals surface area contributed by atoms with E-state index in [1.54, 1.807) is 32.2 Å². The summed E-state index contributed by atoms with van der Waals surface area (Å²) in [6.07, 6.45) is -0.776. The Kier molecular flexibility index (Phi) is 2.87. The van der Waals surface area contributed by atoms with Gasteiger partial charge in [0.2, 0.25) is 0 Å². The van der Waals surface area contributed by atoms with Gasteiger partial charge in [-0.2, -0.15) is 0 Å². The number of nitrogens with one attached hydrogen (secondary N) is 1. The van der Waals surface area contributed by atoms with E-state index in [0.717, 1.165) is 0 Å². The molecule has 1 aromatic rings. The first-order chi connectivity index (χ1) is 7.61. The van der Waals surface area contributed by atoms with Crippen LogP contribution in [0.4, 0.5) is 0 Å². The first kappa shape index (κ1) is 11.0. The van der Waals surface area contributed by atoms with E-state index >= 15 is 0 Å². The molecule has 2 radical (unpaired) electrons. The topological polar surface area (TPSA) is 47.6 Å². The normalized spacial score (nSPS) is 19.5. The molecular weight excluding hydrogens is 205 g/mol. The molecule has 16 heavy (non-hydrogen) atoms. The van der Waals surface area contributed by atoms with E-state index < -0.39 is 6.19 Å². The molecule has 0 amide bonds. The van der Waals surface area contributed by atoms with Crippen molar-refractivity contribution in [2.45, 2.75) is 19.2 Å². The summed E-state index contributed by atoms with van der Waals surface area (Å²) in [5.41, 5.74) is 0.582. The molecule has 1 N–H and O–H groups in total. The summed E-state index contributed by atoms with van der Waals surface area (Å²) in [4.78, 5) is 11.9. The van der Waals surface area contributed by atoms with E-state index in [-0.39, 0.29) is 11.8 Å². The molecule has 0 saturated carbocycles. The Balaban J connectivity index is 2.26. The van der Waals surface area contributed by atoms with Crippen molar-refractivity contribution in [1.29, 1.82) is 0 Å². The van der Waals surface area contributed by atoms with Crippen molar-refractivity contribution >= 4 is 13.6 Å². The van der Waals surface area contributed by atoms with Crippen molar-refractivity contribution in [3.63, 3.8) is 0 Å². The van der Waals surface area contributed by atoms with Crippen molar-refractivity contribution in [3.05, 3.63) is 23.8 Å². The second kappa shape index (κ2) is 4.18. The fourth-order valence-electron chi connectivity index (χ4n) is 1.51. The highest BCUT2D eigenvalue weighted by Crippen LogP contribution is 2.34. The molecule has 1 aliphatic heterocycles. The third-order valence-electron chi connectivity index (χ3n) is 2.54. The van der Waals surface area contributed by atoms with Crippen LogP contribution in [0.1, 0.15) is 17.3 Å². The number of Topliss-reactive ketones (excluding diaryl/α,β-unsaturated/α-hetero) is 1. The molecule has 82 valence electrons. The summed E-state index contributed by atoms with van der Waals surface area (Å²) in [6.45, 7) is 1.80. The second-order valence-corrected chi connectivity index (χ2v) is 3.64. The van der Waals surface area contributed by atoms with Crippen LogP contribution in [-0.2, 0) is 0 Å². The van der Waals surface area contributed by atoms with Gasteiger partial charge in [0.15, 0.2) is 31.3 Å². The molecule has 0 aromatic heterocycles. The standard InChI is InChI=1S/C11H12BNO3/c1-6(13-2)10(14)7-3-4-8-9(5-7)16-11(12)15-8/h3-6,11,13H,1-2H3/t6-,11?/m0/s1. The monoisotopic (exact) mass is 217 g/mol. The number of fused-ring (bicyclic) bond motifs is 1. The lowest BCUT2D eigenvalue weighted by atomic mass is 10.1. The van der Waals surface area contributed by atoms with E-state index in [1.807, 2.05) is 0 Å². The molecule has 1 unspecified atom stereocenters. The predicted molar refractivity (Wildman–Crippen MR) is 60.1 cm³/mol. The van der Waals surface area contributed by atoms with Gasteiger partial charge in [0, 0.05) is 5.56 Å². The maximum atomic E-state index is 11.9. The van der Waals surface area contributed by atoms with Crippen LogP contribution in [0.25, 0.3) is 0 Å². The Bertz CT molecular complexity index is 422. The van der Waals surface area contributed by atoms with E-state index in [1.165, 1.54) is 0 Å². The average molecular weight is 217 g/mol. The van der Waals surface area contributed by atoms with Crippen molar-refractivity contribution in [3.8, 4) is 11.5 Å². The number of carbonyl (C=O) groups excluding carboxylic acids is 1. The summed E-state index contributed by atoms with van der Waals surface area (Å²) in [5, 5.41) is 2.89. The van der Waals surface area contributed by atoms with Crippen molar-refractivity contribution in [1.82, 2.24) is 5.32 Å². The quantitative estimate of drug-likeness (QED) is 0.598. The molecular formula is C11H12BNO3. The van der Waals surface area contributed by atoms with Gasteiger partial charge in [-0.15, -0.1) is 0 Å². The number of hydrogen-bond acceptors (Lipinski definition) is 4. The zero-order valence-electron chi connectivity index (χ0n) is 9.19. The van der Waals surface area contributed by atoms with Gasteiger partial charge in [0.25, 0.3) is 0 Å². The van der Waals surface area contributed by atoms with Crippen molar-refractivity contribution in [2.24, 2.45) is 0 Å². The largest absolute Gasteiger partial charge is 0.461 e. The summed E-state index contributed by atoms with van der Waals surface area (Å²) < 4.78 is 10.4. The molecule has 2 atom stereocenters. The molecule has 0 bridgehead atoms. The maximum absolute atomic E-state index is 11.9. The summed E-state index contributed by atoms with van der Waals surface area (Å²) >= 11 is 0. The third kappa shape index (κ3) is 1.90. The number of rotatable bonds is 3. The number of benzene rings is 1. The number of hydrogen-bond donors (Lipinski definition) is 1. The van der Waals surface area contributed by atoms with Crippen LogP contribution < -0.4 is 14.8 Å². The number of ketones is 1. The zero-order valence-corrected chi connectivity index (χ0v) is 9.19. The molecule has 1 heterocycles. The molecule has 4 nitrogen and oxygen atoms in total. The van der Waals surface area contributed by atoms with E-state index in [4.69, 9.17) is 17.3 Å². The molecule has 0 saturated heterocycles. The first-order valence-corrected chi connectivity index (χ1v) is 5.06. The predicted octanol–water partition coefficient (Wildman–Crippen LogP) is 0.700. The molecule has 0 aliphatic carbocycles. The Morgan fingerprint density at radius 1 is 1.44 bits per heavy atom.